The van der Waals surface area contributed by atoms with Crippen LogP contribution in [0.15, 0.2) is 46.9 Å². The maximum atomic E-state index is 12.4. The molecule has 0 radical (unpaired) electrons. The van der Waals surface area contributed by atoms with Crippen LogP contribution in [-0.4, -0.2) is 17.7 Å². The molecule has 0 unspecified atom stereocenters. The fourth-order valence-corrected chi connectivity index (χ4v) is 2.90. The number of hydrogen-bond donors (Lipinski definition) is 0. The number of halogens is 1. The minimum atomic E-state index is -0.567. The van der Waals surface area contributed by atoms with E-state index in [-0.39, 0.29) is 19.1 Å². The molecule has 2 aromatic carbocycles. The Kier molecular flexibility index (Phi) is 4.26. The zero-order valence-corrected chi connectivity index (χ0v) is 14.6. The molecular weight excluding hydrogens is 358 g/mol. The molecule has 0 bridgehead atoms. The number of fused-ring (bicyclic) bond motifs is 1. The molecule has 1 aliphatic heterocycles. The number of esters is 1. The van der Waals surface area contributed by atoms with E-state index in [1.54, 1.807) is 19.1 Å². The highest BCUT2D eigenvalue weighted by Crippen LogP contribution is 2.40. The number of rotatable bonds is 4. The van der Waals surface area contributed by atoms with Gasteiger partial charge in [-0.15, -0.1) is 0 Å². The van der Waals surface area contributed by atoms with Crippen molar-refractivity contribution in [1.82, 2.24) is 4.98 Å². The van der Waals surface area contributed by atoms with E-state index < -0.39 is 5.97 Å². The van der Waals surface area contributed by atoms with Gasteiger partial charge in [0.2, 0.25) is 12.7 Å². The second kappa shape index (κ2) is 6.72. The number of hydrogen-bond acceptors (Lipinski definition) is 6. The summed E-state index contributed by atoms with van der Waals surface area (Å²) in [6, 6.07) is 12.8. The van der Waals surface area contributed by atoms with Gasteiger partial charge in [0.1, 0.15) is 12.4 Å². The SMILES string of the molecule is Cc1oc(-c2ccccc2)nc1C(=O)OCc1cc(Cl)c2c(c1)OCO2. The minimum absolute atomic E-state index is 0.0299. The molecule has 0 saturated heterocycles. The molecule has 0 atom stereocenters. The maximum absolute atomic E-state index is 12.4. The highest BCUT2D eigenvalue weighted by atomic mass is 35.5. The standard InChI is InChI=1S/C19H14ClNO5/c1-11-16(21-18(26-11)13-5-3-2-4-6-13)19(22)23-9-12-7-14(20)17-15(8-12)24-10-25-17/h2-8H,9-10H2,1H3. The third-order valence-electron chi connectivity index (χ3n) is 3.87. The predicted molar refractivity (Wildman–Crippen MR) is 93.4 cm³/mol. The molecule has 4 rings (SSSR count). The van der Waals surface area contributed by atoms with Gasteiger partial charge in [-0.3, -0.25) is 0 Å². The van der Waals surface area contributed by atoms with Gasteiger partial charge < -0.3 is 18.6 Å². The van der Waals surface area contributed by atoms with Crippen LogP contribution in [0, 0.1) is 6.92 Å². The Morgan fingerprint density at radius 2 is 2.04 bits per heavy atom. The van der Waals surface area contributed by atoms with Crippen molar-refractivity contribution in [2.24, 2.45) is 0 Å². The van der Waals surface area contributed by atoms with Crippen LogP contribution in [0.4, 0.5) is 0 Å². The molecule has 7 heteroatoms. The fraction of sp³-hybridized carbons (Fsp3) is 0.158. The topological polar surface area (TPSA) is 70.8 Å². The van der Waals surface area contributed by atoms with Crippen molar-refractivity contribution in [2.75, 3.05) is 6.79 Å². The molecule has 0 N–H and O–H groups in total. The molecule has 0 aliphatic carbocycles. The lowest BCUT2D eigenvalue weighted by molar-refractivity contribution is 0.0464. The van der Waals surface area contributed by atoms with Crippen molar-refractivity contribution < 1.29 is 23.4 Å². The van der Waals surface area contributed by atoms with Gasteiger partial charge in [-0.1, -0.05) is 29.8 Å². The smallest absolute Gasteiger partial charge is 0.360 e. The van der Waals surface area contributed by atoms with Gasteiger partial charge in [0, 0.05) is 5.56 Å². The number of nitrogens with zero attached hydrogens (tertiary/aromatic N) is 1. The minimum Gasteiger partial charge on any atom is -0.456 e. The van der Waals surface area contributed by atoms with Gasteiger partial charge in [0.15, 0.2) is 17.2 Å². The average Bonchev–Trinajstić information content (AvgIpc) is 3.27. The Morgan fingerprint density at radius 1 is 1.23 bits per heavy atom. The number of ether oxygens (including phenoxy) is 3. The number of benzene rings is 2. The number of carbonyl (C=O) groups excluding carboxylic acids is 1. The van der Waals surface area contributed by atoms with Gasteiger partial charge in [-0.05, 0) is 36.8 Å². The highest BCUT2D eigenvalue weighted by Gasteiger charge is 2.21. The van der Waals surface area contributed by atoms with Crippen molar-refractivity contribution in [3.05, 3.63) is 64.5 Å². The summed E-state index contributed by atoms with van der Waals surface area (Å²) in [5.41, 5.74) is 1.63. The third-order valence-corrected chi connectivity index (χ3v) is 4.15. The van der Waals surface area contributed by atoms with Crippen LogP contribution in [0.25, 0.3) is 11.5 Å². The first-order valence-corrected chi connectivity index (χ1v) is 8.27. The van der Waals surface area contributed by atoms with Gasteiger partial charge in [-0.2, -0.15) is 0 Å². The average molecular weight is 372 g/mol. The predicted octanol–water partition coefficient (Wildman–Crippen LogP) is 4.39. The van der Waals surface area contributed by atoms with Crippen molar-refractivity contribution in [2.45, 2.75) is 13.5 Å². The highest BCUT2D eigenvalue weighted by molar-refractivity contribution is 6.32. The summed E-state index contributed by atoms with van der Waals surface area (Å²) in [6.07, 6.45) is 0. The summed E-state index contributed by atoms with van der Waals surface area (Å²) in [6.45, 7) is 1.83. The molecule has 0 spiro atoms. The van der Waals surface area contributed by atoms with Crippen molar-refractivity contribution in [3.63, 3.8) is 0 Å². The van der Waals surface area contributed by atoms with Crippen molar-refractivity contribution in [3.8, 4) is 23.0 Å². The Hall–Kier alpha value is -2.99. The second-order valence-electron chi connectivity index (χ2n) is 5.68. The Bertz CT molecular complexity index is 968. The molecule has 0 saturated carbocycles. The van der Waals surface area contributed by atoms with E-state index in [0.29, 0.717) is 33.7 Å². The number of aromatic nitrogens is 1. The van der Waals surface area contributed by atoms with E-state index >= 15 is 0 Å². The molecule has 0 fully saturated rings. The summed E-state index contributed by atoms with van der Waals surface area (Å²) in [4.78, 5) is 16.6. The molecular formula is C19H14ClNO5. The first-order chi connectivity index (χ1) is 12.6. The number of carbonyl (C=O) groups is 1. The molecule has 1 aliphatic rings. The van der Waals surface area contributed by atoms with Crippen LogP contribution < -0.4 is 9.47 Å². The lowest BCUT2D eigenvalue weighted by atomic mass is 10.2. The van der Waals surface area contributed by atoms with Crippen LogP contribution in [0.3, 0.4) is 0 Å². The molecule has 3 aromatic rings. The Morgan fingerprint density at radius 3 is 2.85 bits per heavy atom. The normalized spacial score (nSPS) is 12.2. The molecule has 132 valence electrons. The van der Waals surface area contributed by atoms with Gasteiger partial charge in [0.25, 0.3) is 0 Å². The summed E-state index contributed by atoms with van der Waals surface area (Å²) in [5, 5.41) is 0.412. The number of oxazole rings is 1. The van der Waals surface area contributed by atoms with Crippen LogP contribution in [0.5, 0.6) is 11.5 Å². The van der Waals surface area contributed by atoms with Gasteiger partial charge in [0.05, 0.1) is 5.02 Å². The zero-order chi connectivity index (χ0) is 18.1. The van der Waals surface area contributed by atoms with Crippen LogP contribution in [-0.2, 0) is 11.3 Å². The lowest BCUT2D eigenvalue weighted by Crippen LogP contribution is -2.07. The van der Waals surface area contributed by atoms with E-state index in [1.165, 1.54) is 0 Å². The summed E-state index contributed by atoms with van der Waals surface area (Å²) in [5.74, 6) is 1.25. The lowest BCUT2D eigenvalue weighted by Gasteiger charge is -2.06. The number of aryl methyl sites for hydroxylation is 1. The van der Waals surface area contributed by atoms with Crippen LogP contribution in [0.1, 0.15) is 21.8 Å². The second-order valence-corrected chi connectivity index (χ2v) is 6.08. The zero-order valence-electron chi connectivity index (χ0n) is 13.8. The Labute approximate surface area is 154 Å². The Balaban J connectivity index is 1.49. The monoisotopic (exact) mass is 371 g/mol. The fourth-order valence-electron chi connectivity index (χ4n) is 2.61. The van der Waals surface area contributed by atoms with Crippen LogP contribution >= 0.6 is 11.6 Å². The van der Waals surface area contributed by atoms with Gasteiger partial charge in [-0.25, -0.2) is 9.78 Å². The summed E-state index contributed by atoms with van der Waals surface area (Å²) in [7, 11) is 0. The first kappa shape index (κ1) is 16.5. The molecule has 26 heavy (non-hydrogen) atoms. The third kappa shape index (κ3) is 3.11. The molecule has 1 aromatic heterocycles. The van der Waals surface area contributed by atoms with Crippen molar-refractivity contribution >= 4 is 17.6 Å². The molecule has 2 heterocycles. The molecule has 6 nitrogen and oxygen atoms in total. The van der Waals surface area contributed by atoms with Crippen molar-refractivity contribution in [1.29, 1.82) is 0 Å². The van der Waals surface area contributed by atoms with E-state index in [9.17, 15) is 4.79 Å². The summed E-state index contributed by atoms with van der Waals surface area (Å²) >= 11 is 6.13. The summed E-state index contributed by atoms with van der Waals surface area (Å²) < 4.78 is 21.5. The molecule has 0 amide bonds. The first-order valence-electron chi connectivity index (χ1n) is 7.90. The maximum Gasteiger partial charge on any atom is 0.360 e. The van der Waals surface area contributed by atoms with Gasteiger partial charge >= 0.3 is 5.97 Å². The largest absolute Gasteiger partial charge is 0.456 e. The van der Waals surface area contributed by atoms with E-state index in [1.807, 2.05) is 30.3 Å². The van der Waals surface area contributed by atoms with Crippen LogP contribution in [0.2, 0.25) is 5.02 Å². The quantitative estimate of drug-likeness (QED) is 0.633. The van der Waals surface area contributed by atoms with E-state index in [4.69, 9.17) is 30.2 Å². The van der Waals surface area contributed by atoms with E-state index in [2.05, 4.69) is 4.98 Å². The van der Waals surface area contributed by atoms with E-state index in [0.717, 1.165) is 5.56 Å².